The minimum Gasteiger partial charge on any atom is -0.464 e. The molecule has 1 fully saturated rings. The molecule has 0 saturated carbocycles. The van der Waals surface area contributed by atoms with Gasteiger partial charge < -0.3 is 15.4 Å². The number of hydrogen-bond donors (Lipinski definition) is 2. The number of nitrogens with one attached hydrogen (secondary N) is 2. The second kappa shape index (κ2) is 9.82. The Morgan fingerprint density at radius 3 is 2.41 bits per heavy atom. The molecule has 1 aliphatic rings. The predicted molar refractivity (Wildman–Crippen MR) is 87.4 cm³/mol. The highest BCUT2D eigenvalue weighted by atomic mass is 16.5. The van der Waals surface area contributed by atoms with Gasteiger partial charge >= 0.3 is 5.97 Å². The van der Waals surface area contributed by atoms with Crippen molar-refractivity contribution in [2.24, 2.45) is 17.8 Å². The van der Waals surface area contributed by atoms with Gasteiger partial charge in [-0.3, -0.25) is 4.79 Å². The first-order chi connectivity index (χ1) is 10.5. The molecule has 1 aliphatic heterocycles. The molecule has 2 N–H and O–H groups in total. The van der Waals surface area contributed by atoms with Gasteiger partial charge in [-0.15, -0.1) is 0 Å². The first-order valence-electron chi connectivity index (χ1n) is 8.66. The van der Waals surface area contributed by atoms with E-state index in [0.717, 1.165) is 32.4 Å². The van der Waals surface area contributed by atoms with Crippen LogP contribution in [0.25, 0.3) is 0 Å². The van der Waals surface area contributed by atoms with E-state index in [1.807, 2.05) is 13.8 Å². The number of esters is 1. The number of carbonyl (C=O) groups excluding carboxylic acids is 2. The average molecular weight is 312 g/mol. The topological polar surface area (TPSA) is 67.4 Å². The van der Waals surface area contributed by atoms with E-state index in [4.69, 9.17) is 4.74 Å². The molecule has 0 radical (unpaired) electrons. The fourth-order valence-corrected chi connectivity index (χ4v) is 3.01. The molecule has 1 heterocycles. The molecule has 22 heavy (non-hydrogen) atoms. The van der Waals surface area contributed by atoms with Crippen LogP contribution in [0.15, 0.2) is 0 Å². The van der Waals surface area contributed by atoms with Crippen molar-refractivity contribution in [3.63, 3.8) is 0 Å². The van der Waals surface area contributed by atoms with Crippen molar-refractivity contribution in [3.8, 4) is 0 Å². The quantitative estimate of drug-likeness (QED) is 0.674. The Morgan fingerprint density at radius 1 is 1.23 bits per heavy atom. The van der Waals surface area contributed by atoms with E-state index in [1.165, 1.54) is 0 Å². The summed E-state index contributed by atoms with van der Waals surface area (Å²) in [4.78, 5) is 24.3. The predicted octanol–water partition coefficient (Wildman–Crippen LogP) is 2.11. The third kappa shape index (κ3) is 5.95. The lowest BCUT2D eigenvalue weighted by Gasteiger charge is -2.29. The fraction of sp³-hybridized carbons (Fsp3) is 0.882. The van der Waals surface area contributed by atoms with Crippen LogP contribution in [0, 0.1) is 17.8 Å². The summed E-state index contributed by atoms with van der Waals surface area (Å²) in [6.45, 7) is 10.3. The van der Waals surface area contributed by atoms with Crippen LogP contribution in [-0.2, 0) is 14.3 Å². The minimum absolute atomic E-state index is 0.0376. The van der Waals surface area contributed by atoms with Gasteiger partial charge in [0.25, 0.3) is 0 Å². The van der Waals surface area contributed by atoms with E-state index < -0.39 is 6.04 Å². The summed E-state index contributed by atoms with van der Waals surface area (Å²) in [6.07, 6.45) is 3.56. The number of rotatable bonds is 8. The van der Waals surface area contributed by atoms with Gasteiger partial charge in [0.15, 0.2) is 0 Å². The van der Waals surface area contributed by atoms with E-state index >= 15 is 0 Å². The highest BCUT2D eigenvalue weighted by molar-refractivity contribution is 5.84. The molecule has 0 bridgehead atoms. The molecular weight excluding hydrogens is 280 g/mol. The third-order valence-corrected chi connectivity index (χ3v) is 4.77. The summed E-state index contributed by atoms with van der Waals surface area (Å²) < 4.78 is 5.09. The first kappa shape index (κ1) is 18.9. The zero-order valence-corrected chi connectivity index (χ0v) is 14.5. The molecule has 128 valence electrons. The summed E-state index contributed by atoms with van der Waals surface area (Å²) in [6, 6.07) is -0.530. The molecule has 3 atom stereocenters. The van der Waals surface area contributed by atoms with Gasteiger partial charge in [0.1, 0.15) is 6.04 Å². The molecule has 0 aromatic rings. The number of piperidine rings is 1. The van der Waals surface area contributed by atoms with Crippen molar-refractivity contribution in [1.82, 2.24) is 10.6 Å². The molecule has 5 heteroatoms. The Hall–Kier alpha value is -1.10. The Balaban J connectivity index is 2.52. The average Bonchev–Trinajstić information content (AvgIpc) is 2.52. The smallest absolute Gasteiger partial charge is 0.328 e. The van der Waals surface area contributed by atoms with E-state index in [-0.39, 0.29) is 17.8 Å². The van der Waals surface area contributed by atoms with E-state index in [2.05, 4.69) is 17.6 Å². The van der Waals surface area contributed by atoms with Crippen LogP contribution < -0.4 is 10.6 Å². The summed E-state index contributed by atoms with van der Waals surface area (Å²) in [7, 11) is 0. The van der Waals surface area contributed by atoms with Crippen molar-refractivity contribution in [2.75, 3.05) is 19.7 Å². The Bertz CT molecular complexity index is 354. The molecule has 1 rings (SSSR count). The number of carbonyl (C=O) groups is 2. The van der Waals surface area contributed by atoms with Gasteiger partial charge in [-0.25, -0.2) is 4.79 Å². The van der Waals surface area contributed by atoms with Crippen LogP contribution in [0.4, 0.5) is 0 Å². The maximum absolute atomic E-state index is 12.3. The van der Waals surface area contributed by atoms with Crippen molar-refractivity contribution in [3.05, 3.63) is 0 Å². The minimum atomic E-state index is -0.530. The van der Waals surface area contributed by atoms with Crippen molar-refractivity contribution in [2.45, 2.75) is 59.4 Å². The van der Waals surface area contributed by atoms with Crippen LogP contribution >= 0.6 is 0 Å². The maximum Gasteiger partial charge on any atom is 0.328 e. The van der Waals surface area contributed by atoms with Gasteiger partial charge in [0, 0.05) is 6.42 Å². The standard InChI is InChI=1S/C17H32N2O3/c1-5-12(3)16(17(21)22-6-2)19-15(20)11-13(4)14-7-9-18-10-8-14/h12-14,16,18H,5-11H2,1-4H3,(H,19,20). The van der Waals surface area contributed by atoms with E-state index in [0.29, 0.717) is 24.9 Å². The number of hydrogen-bond acceptors (Lipinski definition) is 4. The van der Waals surface area contributed by atoms with Crippen molar-refractivity contribution < 1.29 is 14.3 Å². The van der Waals surface area contributed by atoms with Crippen LogP contribution in [0.3, 0.4) is 0 Å². The summed E-state index contributed by atoms with van der Waals surface area (Å²) in [5, 5.41) is 6.24. The zero-order chi connectivity index (χ0) is 16.5. The second-order valence-electron chi connectivity index (χ2n) is 6.45. The summed E-state index contributed by atoms with van der Waals surface area (Å²) in [5.74, 6) is 0.666. The van der Waals surface area contributed by atoms with Crippen LogP contribution in [0.1, 0.15) is 53.4 Å². The van der Waals surface area contributed by atoms with Gasteiger partial charge in [-0.1, -0.05) is 27.2 Å². The lowest BCUT2D eigenvalue weighted by Crippen LogP contribution is -2.46. The molecule has 0 spiro atoms. The Morgan fingerprint density at radius 2 is 1.86 bits per heavy atom. The maximum atomic E-state index is 12.3. The molecule has 1 amide bonds. The van der Waals surface area contributed by atoms with Crippen LogP contribution in [-0.4, -0.2) is 37.6 Å². The van der Waals surface area contributed by atoms with Gasteiger partial charge in [0.2, 0.25) is 5.91 Å². The summed E-state index contributed by atoms with van der Waals surface area (Å²) in [5.41, 5.74) is 0. The monoisotopic (exact) mass is 312 g/mol. The SMILES string of the molecule is CCOC(=O)C(NC(=O)CC(C)C1CCNCC1)C(C)CC. The molecule has 0 aromatic carbocycles. The van der Waals surface area contributed by atoms with E-state index in [1.54, 1.807) is 6.92 Å². The Labute approximate surface area is 134 Å². The zero-order valence-electron chi connectivity index (χ0n) is 14.5. The lowest BCUT2D eigenvalue weighted by atomic mass is 9.84. The highest BCUT2D eigenvalue weighted by Crippen LogP contribution is 2.24. The molecule has 5 nitrogen and oxygen atoms in total. The van der Waals surface area contributed by atoms with Crippen molar-refractivity contribution >= 4 is 11.9 Å². The normalized spacial score (nSPS) is 20.0. The number of ether oxygens (including phenoxy) is 1. The second-order valence-corrected chi connectivity index (χ2v) is 6.45. The van der Waals surface area contributed by atoms with Gasteiger partial charge in [-0.05, 0) is 50.6 Å². The van der Waals surface area contributed by atoms with Gasteiger partial charge in [0.05, 0.1) is 6.61 Å². The van der Waals surface area contributed by atoms with Crippen LogP contribution in [0.2, 0.25) is 0 Å². The molecule has 1 saturated heterocycles. The fourth-order valence-electron chi connectivity index (χ4n) is 3.01. The van der Waals surface area contributed by atoms with E-state index in [9.17, 15) is 9.59 Å². The highest BCUT2D eigenvalue weighted by Gasteiger charge is 2.28. The van der Waals surface area contributed by atoms with Crippen LogP contribution in [0.5, 0.6) is 0 Å². The molecular formula is C17H32N2O3. The molecule has 3 unspecified atom stereocenters. The van der Waals surface area contributed by atoms with Crippen molar-refractivity contribution in [1.29, 1.82) is 0 Å². The third-order valence-electron chi connectivity index (χ3n) is 4.77. The molecule has 0 aromatic heterocycles. The first-order valence-corrected chi connectivity index (χ1v) is 8.66. The summed E-state index contributed by atoms with van der Waals surface area (Å²) >= 11 is 0. The number of amides is 1. The largest absolute Gasteiger partial charge is 0.464 e. The lowest BCUT2D eigenvalue weighted by molar-refractivity contribution is -0.149. The van der Waals surface area contributed by atoms with Gasteiger partial charge in [-0.2, -0.15) is 0 Å². The Kier molecular flexibility index (Phi) is 8.46. The molecule has 0 aliphatic carbocycles.